The van der Waals surface area contributed by atoms with E-state index >= 15 is 0 Å². The molecule has 0 aliphatic carbocycles. The Labute approximate surface area is 108 Å². The van der Waals surface area contributed by atoms with Crippen LogP contribution in [0.1, 0.15) is 18.1 Å². The van der Waals surface area contributed by atoms with Crippen LogP contribution < -0.4 is 10.1 Å². The van der Waals surface area contributed by atoms with Crippen LogP contribution in [-0.2, 0) is 6.54 Å². The Morgan fingerprint density at radius 3 is 3.06 bits per heavy atom. The van der Waals surface area contributed by atoms with Crippen molar-refractivity contribution in [2.75, 3.05) is 26.7 Å². The Morgan fingerprint density at radius 1 is 1.56 bits per heavy atom. The maximum Gasteiger partial charge on any atom is 0.123 e. The fourth-order valence-electron chi connectivity index (χ4n) is 2.31. The number of rotatable bonds is 3. The van der Waals surface area contributed by atoms with Gasteiger partial charge in [-0.3, -0.25) is 4.90 Å². The van der Waals surface area contributed by atoms with Gasteiger partial charge in [-0.15, -0.1) is 0 Å². The first-order valence-corrected chi connectivity index (χ1v) is 6.26. The van der Waals surface area contributed by atoms with Gasteiger partial charge in [-0.1, -0.05) is 0 Å². The summed E-state index contributed by atoms with van der Waals surface area (Å²) in [6.45, 7) is 6.11. The highest BCUT2D eigenvalue weighted by Gasteiger charge is 2.19. The van der Waals surface area contributed by atoms with E-state index in [1.54, 1.807) is 13.2 Å². The third-order valence-electron chi connectivity index (χ3n) is 3.42. The van der Waals surface area contributed by atoms with Gasteiger partial charge >= 0.3 is 0 Å². The van der Waals surface area contributed by atoms with E-state index in [-0.39, 0.29) is 0 Å². The second-order valence-corrected chi connectivity index (χ2v) is 4.66. The molecule has 0 saturated carbocycles. The lowest BCUT2D eigenvalue weighted by Crippen LogP contribution is -2.49. The summed E-state index contributed by atoms with van der Waals surface area (Å²) in [7, 11) is 1.67. The molecule has 1 atom stereocenters. The number of piperazine rings is 1. The van der Waals surface area contributed by atoms with Crippen molar-refractivity contribution >= 4 is 0 Å². The second kappa shape index (κ2) is 5.85. The summed E-state index contributed by atoms with van der Waals surface area (Å²) >= 11 is 0. The number of methoxy groups -OCH3 is 1. The van der Waals surface area contributed by atoms with Gasteiger partial charge in [-0.05, 0) is 25.1 Å². The Bertz CT molecular complexity index is 453. The molecule has 0 aromatic heterocycles. The molecule has 1 heterocycles. The lowest BCUT2D eigenvalue weighted by Gasteiger charge is -2.34. The molecule has 1 N–H and O–H groups in total. The molecule has 0 spiro atoms. The van der Waals surface area contributed by atoms with Crippen LogP contribution in [0.2, 0.25) is 0 Å². The first kappa shape index (κ1) is 12.9. The largest absolute Gasteiger partial charge is 0.496 e. The quantitative estimate of drug-likeness (QED) is 0.873. The minimum atomic E-state index is 0.509. The predicted molar refractivity (Wildman–Crippen MR) is 70.5 cm³/mol. The summed E-state index contributed by atoms with van der Waals surface area (Å²) in [4.78, 5) is 2.41. The van der Waals surface area contributed by atoms with Gasteiger partial charge in [0, 0.05) is 37.8 Å². The van der Waals surface area contributed by atoms with Crippen molar-refractivity contribution in [1.29, 1.82) is 5.26 Å². The molecule has 1 saturated heterocycles. The monoisotopic (exact) mass is 245 g/mol. The average Bonchev–Trinajstić information content (AvgIpc) is 2.41. The molecule has 0 bridgehead atoms. The Balaban J connectivity index is 2.18. The second-order valence-electron chi connectivity index (χ2n) is 4.66. The third-order valence-corrected chi connectivity index (χ3v) is 3.42. The molecule has 0 radical (unpaired) electrons. The molecule has 1 fully saturated rings. The van der Waals surface area contributed by atoms with Crippen molar-refractivity contribution in [3.8, 4) is 11.8 Å². The van der Waals surface area contributed by atoms with Crippen molar-refractivity contribution < 1.29 is 4.74 Å². The lowest BCUT2D eigenvalue weighted by atomic mass is 10.1. The molecular weight excluding hydrogens is 226 g/mol. The highest BCUT2D eigenvalue weighted by atomic mass is 16.5. The Kier molecular flexibility index (Phi) is 4.19. The summed E-state index contributed by atoms with van der Waals surface area (Å²) in [5, 5.41) is 12.3. The zero-order chi connectivity index (χ0) is 13.0. The fraction of sp³-hybridized carbons (Fsp3) is 0.500. The van der Waals surface area contributed by atoms with Crippen molar-refractivity contribution in [1.82, 2.24) is 10.2 Å². The molecule has 0 amide bonds. The predicted octanol–water partition coefficient (Wildman–Crippen LogP) is 1.36. The van der Waals surface area contributed by atoms with E-state index in [1.807, 2.05) is 12.1 Å². The van der Waals surface area contributed by atoms with Gasteiger partial charge in [0.15, 0.2) is 0 Å². The maximum atomic E-state index is 8.97. The van der Waals surface area contributed by atoms with E-state index < -0.39 is 0 Å². The first-order valence-electron chi connectivity index (χ1n) is 6.26. The van der Waals surface area contributed by atoms with Crippen LogP contribution in [0.3, 0.4) is 0 Å². The minimum absolute atomic E-state index is 0.509. The highest BCUT2D eigenvalue weighted by Crippen LogP contribution is 2.22. The van der Waals surface area contributed by atoms with Gasteiger partial charge in [0.25, 0.3) is 0 Å². The number of benzene rings is 1. The van der Waals surface area contributed by atoms with E-state index in [9.17, 15) is 0 Å². The topological polar surface area (TPSA) is 48.3 Å². The van der Waals surface area contributed by atoms with Gasteiger partial charge in [-0.2, -0.15) is 5.26 Å². The molecule has 18 heavy (non-hydrogen) atoms. The van der Waals surface area contributed by atoms with Crippen LogP contribution in [0.5, 0.6) is 5.75 Å². The number of hydrogen-bond donors (Lipinski definition) is 1. The summed E-state index contributed by atoms with van der Waals surface area (Å²) in [5.74, 6) is 0.861. The molecule has 1 aliphatic heterocycles. The third kappa shape index (κ3) is 2.81. The van der Waals surface area contributed by atoms with E-state index in [0.717, 1.165) is 37.5 Å². The fourth-order valence-corrected chi connectivity index (χ4v) is 2.31. The van der Waals surface area contributed by atoms with Crippen molar-refractivity contribution in [2.45, 2.75) is 19.5 Å². The molecule has 96 valence electrons. The van der Waals surface area contributed by atoms with Crippen molar-refractivity contribution in [2.24, 2.45) is 0 Å². The van der Waals surface area contributed by atoms with Gasteiger partial charge in [0.2, 0.25) is 0 Å². The molecule has 1 aromatic carbocycles. The van der Waals surface area contributed by atoms with Gasteiger partial charge < -0.3 is 10.1 Å². The Morgan fingerprint density at radius 2 is 2.39 bits per heavy atom. The van der Waals surface area contributed by atoms with Crippen LogP contribution in [0.4, 0.5) is 0 Å². The molecule has 1 aliphatic rings. The standard InChI is InChI=1S/C14H19N3O/c1-11-9-16-5-6-17(11)10-13-7-12(8-15)3-4-14(13)18-2/h3-4,7,11,16H,5-6,9-10H2,1-2H3/t11-/m1/s1. The van der Waals surface area contributed by atoms with Gasteiger partial charge in [0.05, 0.1) is 18.7 Å². The van der Waals surface area contributed by atoms with E-state index in [2.05, 4.69) is 23.2 Å². The summed E-state index contributed by atoms with van der Waals surface area (Å²) in [6.07, 6.45) is 0. The minimum Gasteiger partial charge on any atom is -0.496 e. The molecule has 4 nitrogen and oxygen atoms in total. The van der Waals surface area contributed by atoms with Crippen LogP contribution in [0.15, 0.2) is 18.2 Å². The molecule has 2 rings (SSSR count). The average molecular weight is 245 g/mol. The van der Waals surface area contributed by atoms with E-state index in [0.29, 0.717) is 11.6 Å². The van der Waals surface area contributed by atoms with Crippen LogP contribution >= 0.6 is 0 Å². The van der Waals surface area contributed by atoms with Crippen molar-refractivity contribution in [3.05, 3.63) is 29.3 Å². The number of nitrogens with one attached hydrogen (secondary N) is 1. The first-order chi connectivity index (χ1) is 8.74. The summed E-state index contributed by atoms with van der Waals surface area (Å²) < 4.78 is 5.37. The van der Waals surface area contributed by atoms with Gasteiger partial charge in [-0.25, -0.2) is 0 Å². The summed E-state index contributed by atoms with van der Waals surface area (Å²) in [5.41, 5.74) is 1.78. The van der Waals surface area contributed by atoms with Crippen LogP contribution in [0, 0.1) is 11.3 Å². The van der Waals surface area contributed by atoms with Crippen LogP contribution in [0.25, 0.3) is 0 Å². The zero-order valence-electron chi connectivity index (χ0n) is 10.9. The Hall–Kier alpha value is -1.57. The van der Waals surface area contributed by atoms with E-state index in [1.165, 1.54) is 0 Å². The molecule has 0 unspecified atom stereocenters. The molecule has 4 heteroatoms. The van der Waals surface area contributed by atoms with E-state index in [4.69, 9.17) is 10.00 Å². The molecular formula is C14H19N3O. The lowest BCUT2D eigenvalue weighted by molar-refractivity contribution is 0.164. The maximum absolute atomic E-state index is 8.97. The summed E-state index contributed by atoms with van der Waals surface area (Å²) in [6, 6.07) is 8.28. The number of ether oxygens (including phenoxy) is 1. The number of nitrogens with zero attached hydrogens (tertiary/aromatic N) is 2. The highest BCUT2D eigenvalue weighted by molar-refractivity contribution is 5.42. The SMILES string of the molecule is COc1ccc(C#N)cc1CN1CCNC[C@H]1C. The normalized spacial score (nSPS) is 20.4. The number of nitriles is 1. The molecule has 1 aromatic rings. The smallest absolute Gasteiger partial charge is 0.123 e. The van der Waals surface area contributed by atoms with Crippen molar-refractivity contribution in [3.63, 3.8) is 0 Å². The van der Waals surface area contributed by atoms with Gasteiger partial charge in [0.1, 0.15) is 5.75 Å². The number of hydrogen-bond acceptors (Lipinski definition) is 4. The zero-order valence-corrected chi connectivity index (χ0v) is 10.9. The van der Waals surface area contributed by atoms with Crippen LogP contribution in [-0.4, -0.2) is 37.7 Å².